The number of carbonyl (C=O) groups excluding carboxylic acids is 2. The van der Waals surface area contributed by atoms with Gasteiger partial charge in [-0.15, -0.1) is 0 Å². The standard InChI is InChI=1S/C18H17Cl2NO4/c1-24-18(23)15(9-12-5-3-2-4-6-12)21-17(22)11-25-16-8-7-13(19)10-14(16)20/h2-8,10,15H,9,11H2,1H3,(H,21,22). The molecule has 0 bridgehead atoms. The number of carbonyl (C=O) groups is 2. The molecule has 0 saturated carbocycles. The Morgan fingerprint density at radius 2 is 1.84 bits per heavy atom. The number of hydrogen-bond acceptors (Lipinski definition) is 4. The Hall–Kier alpha value is -2.24. The van der Waals surface area contributed by atoms with E-state index < -0.39 is 17.9 Å². The third-order valence-electron chi connectivity index (χ3n) is 3.36. The van der Waals surface area contributed by atoms with Gasteiger partial charge in [0.2, 0.25) is 0 Å². The molecule has 0 saturated heterocycles. The van der Waals surface area contributed by atoms with Gasteiger partial charge in [-0.05, 0) is 23.8 Å². The van der Waals surface area contributed by atoms with Gasteiger partial charge in [-0.3, -0.25) is 4.79 Å². The van der Waals surface area contributed by atoms with Crippen molar-refractivity contribution in [3.05, 3.63) is 64.1 Å². The van der Waals surface area contributed by atoms with Crippen molar-refractivity contribution in [1.82, 2.24) is 5.32 Å². The molecule has 1 unspecified atom stereocenters. The maximum atomic E-state index is 12.1. The number of rotatable bonds is 7. The Kier molecular flexibility index (Phi) is 7.10. The average molecular weight is 382 g/mol. The van der Waals surface area contributed by atoms with Gasteiger partial charge in [0.25, 0.3) is 5.91 Å². The van der Waals surface area contributed by atoms with Crippen LogP contribution in [0.5, 0.6) is 5.75 Å². The lowest BCUT2D eigenvalue weighted by Gasteiger charge is -2.17. The minimum absolute atomic E-state index is 0.288. The quantitative estimate of drug-likeness (QED) is 0.747. The van der Waals surface area contributed by atoms with Gasteiger partial charge in [-0.2, -0.15) is 0 Å². The third-order valence-corrected chi connectivity index (χ3v) is 3.89. The molecule has 2 aromatic rings. The van der Waals surface area contributed by atoms with E-state index in [2.05, 4.69) is 5.32 Å². The molecule has 0 radical (unpaired) electrons. The van der Waals surface area contributed by atoms with Crippen LogP contribution in [0.15, 0.2) is 48.5 Å². The summed E-state index contributed by atoms with van der Waals surface area (Å²) in [6, 6.07) is 13.2. The molecule has 0 spiro atoms. The molecule has 2 aromatic carbocycles. The summed E-state index contributed by atoms with van der Waals surface area (Å²) in [6.07, 6.45) is 0.320. The van der Waals surface area contributed by atoms with Crippen molar-refractivity contribution in [3.63, 3.8) is 0 Å². The van der Waals surface area contributed by atoms with Crippen LogP contribution in [-0.4, -0.2) is 31.6 Å². The molecule has 0 aliphatic rings. The second kappa shape index (κ2) is 9.30. The molecular formula is C18H17Cl2NO4. The highest BCUT2D eigenvalue weighted by atomic mass is 35.5. The topological polar surface area (TPSA) is 64.6 Å². The second-order valence-electron chi connectivity index (χ2n) is 5.20. The molecule has 25 heavy (non-hydrogen) atoms. The smallest absolute Gasteiger partial charge is 0.328 e. The van der Waals surface area contributed by atoms with Crippen molar-refractivity contribution >= 4 is 35.1 Å². The third kappa shape index (κ3) is 5.96. The first-order valence-electron chi connectivity index (χ1n) is 7.48. The van der Waals surface area contributed by atoms with Crippen LogP contribution in [0.2, 0.25) is 10.0 Å². The van der Waals surface area contributed by atoms with Crippen LogP contribution in [0.3, 0.4) is 0 Å². The number of hydrogen-bond donors (Lipinski definition) is 1. The number of esters is 1. The van der Waals surface area contributed by atoms with E-state index >= 15 is 0 Å². The van der Waals surface area contributed by atoms with E-state index in [1.165, 1.54) is 13.2 Å². The summed E-state index contributed by atoms with van der Waals surface area (Å²) in [5.74, 6) is -0.655. The molecule has 0 heterocycles. The summed E-state index contributed by atoms with van der Waals surface area (Å²) >= 11 is 11.8. The Morgan fingerprint density at radius 1 is 1.12 bits per heavy atom. The van der Waals surface area contributed by atoms with Crippen molar-refractivity contribution in [2.75, 3.05) is 13.7 Å². The summed E-state index contributed by atoms with van der Waals surface area (Å²) < 4.78 is 10.1. The Bertz CT molecular complexity index is 737. The van der Waals surface area contributed by atoms with Gasteiger partial charge in [0.1, 0.15) is 11.8 Å². The monoisotopic (exact) mass is 381 g/mol. The van der Waals surface area contributed by atoms with Gasteiger partial charge in [0.05, 0.1) is 12.1 Å². The van der Waals surface area contributed by atoms with Crippen molar-refractivity contribution in [3.8, 4) is 5.75 Å². The van der Waals surface area contributed by atoms with Crippen LogP contribution in [0.25, 0.3) is 0 Å². The molecular weight excluding hydrogens is 365 g/mol. The zero-order valence-corrected chi connectivity index (χ0v) is 15.0. The fraction of sp³-hybridized carbons (Fsp3) is 0.222. The lowest BCUT2D eigenvalue weighted by atomic mass is 10.1. The summed E-state index contributed by atoms with van der Waals surface area (Å²) in [7, 11) is 1.27. The highest BCUT2D eigenvalue weighted by molar-refractivity contribution is 6.35. The first-order chi connectivity index (χ1) is 12.0. The number of halogens is 2. The molecule has 0 fully saturated rings. The van der Waals surface area contributed by atoms with Crippen molar-refractivity contribution in [2.45, 2.75) is 12.5 Å². The number of amides is 1. The van der Waals surface area contributed by atoms with Crippen LogP contribution >= 0.6 is 23.2 Å². The van der Waals surface area contributed by atoms with E-state index in [0.717, 1.165) is 5.56 Å². The largest absolute Gasteiger partial charge is 0.482 e. The van der Waals surface area contributed by atoms with Crippen molar-refractivity contribution < 1.29 is 19.1 Å². The number of nitrogens with one attached hydrogen (secondary N) is 1. The van der Waals surface area contributed by atoms with Gasteiger partial charge in [-0.1, -0.05) is 53.5 Å². The summed E-state index contributed by atoms with van der Waals surface area (Å²) in [5.41, 5.74) is 0.903. The Morgan fingerprint density at radius 3 is 2.48 bits per heavy atom. The first kappa shape index (κ1) is 19.1. The predicted octanol–water partition coefficient (Wildman–Crippen LogP) is 3.27. The maximum Gasteiger partial charge on any atom is 0.328 e. The van der Waals surface area contributed by atoms with E-state index in [9.17, 15) is 9.59 Å². The van der Waals surface area contributed by atoms with Crippen LogP contribution in [-0.2, 0) is 20.7 Å². The van der Waals surface area contributed by atoms with Crippen LogP contribution in [0.4, 0.5) is 0 Å². The Labute approximate surface area is 155 Å². The van der Waals surface area contributed by atoms with Gasteiger partial charge in [0.15, 0.2) is 6.61 Å². The zero-order chi connectivity index (χ0) is 18.2. The fourth-order valence-electron chi connectivity index (χ4n) is 2.16. The van der Waals surface area contributed by atoms with Gasteiger partial charge < -0.3 is 14.8 Å². The van der Waals surface area contributed by atoms with Crippen LogP contribution in [0, 0.1) is 0 Å². The second-order valence-corrected chi connectivity index (χ2v) is 6.04. The molecule has 0 aromatic heterocycles. The van der Waals surface area contributed by atoms with Gasteiger partial charge >= 0.3 is 5.97 Å². The molecule has 1 N–H and O–H groups in total. The molecule has 0 aliphatic carbocycles. The highest BCUT2D eigenvalue weighted by Gasteiger charge is 2.22. The predicted molar refractivity (Wildman–Crippen MR) is 96.0 cm³/mol. The highest BCUT2D eigenvalue weighted by Crippen LogP contribution is 2.27. The fourth-order valence-corrected chi connectivity index (χ4v) is 2.62. The average Bonchev–Trinajstić information content (AvgIpc) is 2.60. The van der Waals surface area contributed by atoms with E-state index in [1.807, 2.05) is 30.3 Å². The molecule has 1 atom stereocenters. The Balaban J connectivity index is 1.95. The molecule has 2 rings (SSSR count). The number of benzene rings is 2. The van der Waals surface area contributed by atoms with Gasteiger partial charge in [0, 0.05) is 11.4 Å². The normalized spacial score (nSPS) is 11.5. The van der Waals surface area contributed by atoms with Crippen LogP contribution < -0.4 is 10.1 Å². The number of methoxy groups -OCH3 is 1. The summed E-state index contributed by atoms with van der Waals surface area (Å²) in [5, 5.41) is 3.38. The van der Waals surface area contributed by atoms with Crippen molar-refractivity contribution in [1.29, 1.82) is 0 Å². The summed E-state index contributed by atoms with van der Waals surface area (Å²) in [4.78, 5) is 24.0. The SMILES string of the molecule is COC(=O)C(Cc1ccccc1)NC(=O)COc1ccc(Cl)cc1Cl. The first-order valence-corrected chi connectivity index (χ1v) is 8.24. The van der Waals surface area contributed by atoms with E-state index in [-0.39, 0.29) is 6.61 Å². The minimum Gasteiger partial charge on any atom is -0.482 e. The van der Waals surface area contributed by atoms with E-state index in [1.54, 1.807) is 12.1 Å². The number of ether oxygens (including phenoxy) is 2. The molecule has 1 amide bonds. The molecule has 132 valence electrons. The zero-order valence-electron chi connectivity index (χ0n) is 13.5. The molecule has 5 nitrogen and oxygen atoms in total. The van der Waals surface area contributed by atoms with Gasteiger partial charge in [-0.25, -0.2) is 4.79 Å². The molecule has 0 aliphatic heterocycles. The van der Waals surface area contributed by atoms with Crippen molar-refractivity contribution in [2.24, 2.45) is 0 Å². The van der Waals surface area contributed by atoms with E-state index in [0.29, 0.717) is 22.2 Å². The molecule has 7 heteroatoms. The van der Waals surface area contributed by atoms with Crippen LogP contribution in [0.1, 0.15) is 5.56 Å². The lowest BCUT2D eigenvalue weighted by Crippen LogP contribution is -2.44. The lowest BCUT2D eigenvalue weighted by molar-refractivity contribution is -0.145. The maximum absolute atomic E-state index is 12.1. The van der Waals surface area contributed by atoms with E-state index in [4.69, 9.17) is 32.7 Å². The minimum atomic E-state index is -0.802. The summed E-state index contributed by atoms with van der Waals surface area (Å²) in [6.45, 7) is -0.288.